The second-order valence-corrected chi connectivity index (χ2v) is 5.06. The highest BCUT2D eigenvalue weighted by Gasteiger charge is 2.15. The maximum Gasteiger partial charge on any atom is 0.317 e. The first-order valence-electron chi connectivity index (χ1n) is 6.12. The van der Waals surface area contributed by atoms with Gasteiger partial charge in [-0.05, 0) is 25.1 Å². The largest absolute Gasteiger partial charge is 0.480 e. The van der Waals surface area contributed by atoms with Crippen molar-refractivity contribution < 1.29 is 14.7 Å². The summed E-state index contributed by atoms with van der Waals surface area (Å²) in [4.78, 5) is 24.2. The number of carboxylic acids is 1. The van der Waals surface area contributed by atoms with Gasteiger partial charge in [-0.25, -0.2) is 0 Å². The fraction of sp³-hybridized carbons (Fsp3) is 0.385. The van der Waals surface area contributed by atoms with Gasteiger partial charge in [-0.3, -0.25) is 14.5 Å². The number of amides is 1. The highest BCUT2D eigenvalue weighted by molar-refractivity contribution is 6.39. The van der Waals surface area contributed by atoms with E-state index in [2.05, 4.69) is 5.32 Å². The minimum absolute atomic E-state index is 0.0261. The van der Waals surface area contributed by atoms with Gasteiger partial charge in [-0.1, -0.05) is 36.2 Å². The van der Waals surface area contributed by atoms with Crippen molar-refractivity contribution in [1.82, 2.24) is 4.90 Å². The van der Waals surface area contributed by atoms with E-state index in [-0.39, 0.29) is 19.0 Å². The summed E-state index contributed by atoms with van der Waals surface area (Å²) in [5, 5.41) is 12.1. The van der Waals surface area contributed by atoms with Crippen LogP contribution in [0.4, 0.5) is 5.69 Å². The number of aliphatic carboxylic acids is 1. The van der Waals surface area contributed by atoms with E-state index in [0.717, 1.165) is 6.42 Å². The predicted octanol–water partition coefficient (Wildman–Crippen LogP) is 2.73. The van der Waals surface area contributed by atoms with Crippen LogP contribution in [0.3, 0.4) is 0 Å². The van der Waals surface area contributed by atoms with E-state index in [1.807, 2.05) is 6.92 Å². The van der Waals surface area contributed by atoms with Gasteiger partial charge < -0.3 is 10.4 Å². The Hall–Kier alpha value is -1.30. The van der Waals surface area contributed by atoms with Gasteiger partial charge in [0.1, 0.15) is 0 Å². The van der Waals surface area contributed by atoms with Crippen LogP contribution in [0, 0.1) is 0 Å². The fourth-order valence-electron chi connectivity index (χ4n) is 1.72. The van der Waals surface area contributed by atoms with Crippen LogP contribution >= 0.6 is 23.2 Å². The third-order valence-electron chi connectivity index (χ3n) is 2.49. The zero-order chi connectivity index (χ0) is 15.1. The molecule has 0 saturated carbocycles. The maximum atomic E-state index is 11.9. The van der Waals surface area contributed by atoms with Gasteiger partial charge in [0.25, 0.3) is 0 Å². The number of anilines is 1. The van der Waals surface area contributed by atoms with E-state index in [9.17, 15) is 9.59 Å². The summed E-state index contributed by atoms with van der Waals surface area (Å²) in [5.74, 6) is -1.32. The minimum Gasteiger partial charge on any atom is -0.480 e. The SMILES string of the molecule is CCCN(CC(=O)O)CC(=O)Nc1c(Cl)cccc1Cl. The quantitative estimate of drug-likeness (QED) is 0.811. The lowest BCUT2D eigenvalue weighted by Crippen LogP contribution is -2.37. The van der Waals surface area contributed by atoms with Crippen LogP contribution in [0.1, 0.15) is 13.3 Å². The van der Waals surface area contributed by atoms with Gasteiger partial charge in [0.2, 0.25) is 5.91 Å². The molecule has 0 spiro atoms. The summed E-state index contributed by atoms with van der Waals surface area (Å²) in [6.07, 6.45) is 0.757. The van der Waals surface area contributed by atoms with E-state index in [1.165, 1.54) is 0 Å². The van der Waals surface area contributed by atoms with Gasteiger partial charge in [0, 0.05) is 0 Å². The predicted molar refractivity (Wildman–Crippen MR) is 79.5 cm³/mol. The minimum atomic E-state index is -0.970. The molecule has 1 amide bonds. The normalized spacial score (nSPS) is 10.6. The Morgan fingerprint density at radius 2 is 1.85 bits per heavy atom. The number of benzene rings is 1. The number of carbonyl (C=O) groups excluding carboxylic acids is 1. The second kappa shape index (κ2) is 8.09. The van der Waals surface area contributed by atoms with Crippen molar-refractivity contribution in [3.8, 4) is 0 Å². The molecule has 0 saturated heterocycles. The molecule has 1 aromatic carbocycles. The lowest BCUT2D eigenvalue weighted by atomic mass is 10.3. The van der Waals surface area contributed by atoms with E-state index in [4.69, 9.17) is 28.3 Å². The van der Waals surface area contributed by atoms with E-state index in [0.29, 0.717) is 22.3 Å². The first-order valence-corrected chi connectivity index (χ1v) is 6.87. The summed E-state index contributed by atoms with van der Waals surface area (Å²) in [6, 6.07) is 4.91. The van der Waals surface area contributed by atoms with Crippen molar-refractivity contribution in [2.75, 3.05) is 25.0 Å². The molecule has 0 fully saturated rings. The van der Waals surface area contributed by atoms with Crippen LogP contribution < -0.4 is 5.32 Å². The highest BCUT2D eigenvalue weighted by Crippen LogP contribution is 2.29. The van der Waals surface area contributed by atoms with Crippen molar-refractivity contribution in [1.29, 1.82) is 0 Å². The number of carboxylic acid groups (broad SMARTS) is 1. The molecule has 5 nitrogen and oxygen atoms in total. The Morgan fingerprint density at radius 1 is 1.25 bits per heavy atom. The fourth-order valence-corrected chi connectivity index (χ4v) is 2.21. The molecule has 0 aliphatic rings. The Bertz CT molecular complexity index is 474. The molecule has 110 valence electrons. The van der Waals surface area contributed by atoms with E-state index in [1.54, 1.807) is 23.1 Å². The van der Waals surface area contributed by atoms with Crippen molar-refractivity contribution in [2.24, 2.45) is 0 Å². The number of carbonyl (C=O) groups is 2. The average Bonchev–Trinajstić information content (AvgIpc) is 2.33. The van der Waals surface area contributed by atoms with Gasteiger partial charge in [-0.2, -0.15) is 0 Å². The molecule has 2 N–H and O–H groups in total. The van der Waals surface area contributed by atoms with Crippen LogP contribution in [0.5, 0.6) is 0 Å². The van der Waals surface area contributed by atoms with Gasteiger partial charge in [0.05, 0.1) is 28.8 Å². The lowest BCUT2D eigenvalue weighted by molar-refractivity contribution is -0.138. The third kappa shape index (κ3) is 5.36. The maximum absolute atomic E-state index is 11.9. The van der Waals surface area contributed by atoms with Crippen molar-refractivity contribution in [2.45, 2.75) is 13.3 Å². The Balaban J connectivity index is 2.68. The molecule has 0 heterocycles. The number of nitrogens with one attached hydrogen (secondary N) is 1. The van der Waals surface area contributed by atoms with Crippen molar-refractivity contribution >= 4 is 40.8 Å². The molecule has 0 atom stereocenters. The van der Waals surface area contributed by atoms with Crippen molar-refractivity contribution in [3.05, 3.63) is 28.2 Å². The molecule has 20 heavy (non-hydrogen) atoms. The molecule has 0 radical (unpaired) electrons. The molecule has 0 unspecified atom stereocenters. The number of hydrogen-bond donors (Lipinski definition) is 2. The summed E-state index contributed by atoms with van der Waals surface area (Å²) in [5.41, 5.74) is 0.340. The first kappa shape index (κ1) is 16.8. The summed E-state index contributed by atoms with van der Waals surface area (Å²) >= 11 is 11.9. The smallest absolute Gasteiger partial charge is 0.317 e. The van der Waals surface area contributed by atoms with Gasteiger partial charge in [0.15, 0.2) is 0 Å². The average molecular weight is 319 g/mol. The van der Waals surface area contributed by atoms with Crippen molar-refractivity contribution in [3.63, 3.8) is 0 Å². The van der Waals surface area contributed by atoms with Crippen LogP contribution in [-0.4, -0.2) is 41.5 Å². The third-order valence-corrected chi connectivity index (χ3v) is 3.12. The van der Waals surface area contributed by atoms with Gasteiger partial charge >= 0.3 is 5.97 Å². The topological polar surface area (TPSA) is 69.6 Å². The summed E-state index contributed by atoms with van der Waals surface area (Å²) in [6.45, 7) is 2.23. The molecule has 1 aromatic rings. The number of nitrogens with zero attached hydrogens (tertiary/aromatic N) is 1. The Labute approximate surface area is 127 Å². The molecule has 0 bridgehead atoms. The molecule has 0 aliphatic carbocycles. The van der Waals surface area contributed by atoms with Crippen LogP contribution in [0.25, 0.3) is 0 Å². The Kier molecular flexibility index (Phi) is 6.78. The highest BCUT2D eigenvalue weighted by atomic mass is 35.5. The van der Waals surface area contributed by atoms with E-state index < -0.39 is 5.97 Å². The zero-order valence-electron chi connectivity index (χ0n) is 11.0. The number of para-hydroxylation sites is 1. The number of halogens is 2. The summed E-state index contributed by atoms with van der Waals surface area (Å²) < 4.78 is 0. The molecule has 0 aliphatic heterocycles. The molecule has 1 rings (SSSR count). The number of hydrogen-bond acceptors (Lipinski definition) is 3. The van der Waals surface area contributed by atoms with Crippen LogP contribution in [0.2, 0.25) is 10.0 Å². The zero-order valence-corrected chi connectivity index (χ0v) is 12.5. The monoisotopic (exact) mass is 318 g/mol. The lowest BCUT2D eigenvalue weighted by Gasteiger charge is -2.19. The standard InChI is InChI=1S/C13H16Cl2N2O3/c1-2-6-17(8-12(19)20)7-11(18)16-13-9(14)4-3-5-10(13)15/h3-5H,2,6-8H2,1H3,(H,16,18)(H,19,20). The summed E-state index contributed by atoms with van der Waals surface area (Å²) in [7, 11) is 0. The van der Waals surface area contributed by atoms with Crippen LogP contribution in [0.15, 0.2) is 18.2 Å². The Morgan fingerprint density at radius 3 is 2.35 bits per heavy atom. The number of rotatable bonds is 7. The molecule has 0 aromatic heterocycles. The second-order valence-electron chi connectivity index (χ2n) is 4.25. The molecular weight excluding hydrogens is 303 g/mol. The molecule has 7 heteroatoms. The first-order chi connectivity index (χ1) is 9.43. The van der Waals surface area contributed by atoms with Gasteiger partial charge in [-0.15, -0.1) is 0 Å². The van der Waals surface area contributed by atoms with Crippen LogP contribution in [-0.2, 0) is 9.59 Å². The van der Waals surface area contributed by atoms with E-state index >= 15 is 0 Å². The molecular formula is C13H16Cl2N2O3.